The minimum atomic E-state index is -0.329. The van der Waals surface area contributed by atoms with E-state index in [4.69, 9.17) is 5.73 Å². The zero-order valence-corrected chi connectivity index (χ0v) is 6.59. The van der Waals surface area contributed by atoms with Gasteiger partial charge in [-0.05, 0) is 6.42 Å². The van der Waals surface area contributed by atoms with Gasteiger partial charge in [-0.2, -0.15) is 0 Å². The van der Waals surface area contributed by atoms with E-state index in [0.29, 0.717) is 0 Å². The summed E-state index contributed by atoms with van der Waals surface area (Å²) < 4.78 is 4.64. The van der Waals surface area contributed by atoms with Crippen LogP contribution in [0.4, 0.5) is 0 Å². The molecule has 1 atom stereocenters. The minimum absolute atomic E-state index is 0.00986. The number of methoxy groups -OCH3 is 1. The van der Waals surface area contributed by atoms with Crippen molar-refractivity contribution in [2.45, 2.75) is 25.8 Å². The van der Waals surface area contributed by atoms with E-state index in [1.807, 2.05) is 6.92 Å². The summed E-state index contributed by atoms with van der Waals surface area (Å²) >= 11 is 0. The lowest BCUT2D eigenvalue weighted by Gasteiger charge is -2.06. The number of Topliss-reactive ketones (excluding diaryl/α,β-unsaturated/α-hetero) is 1. The number of rotatable bonds is 5. The van der Waals surface area contributed by atoms with E-state index < -0.39 is 0 Å². The van der Waals surface area contributed by atoms with Gasteiger partial charge in [-0.3, -0.25) is 4.79 Å². The standard InChI is InChI=1S/C7H15NO2/c1-3-4-6(8)7(9)5-10-2/h6H,3-5,8H2,1-2H3. The number of ether oxygens (including phenoxy) is 1. The fraction of sp³-hybridized carbons (Fsp3) is 0.857. The van der Waals surface area contributed by atoms with Crippen LogP contribution < -0.4 is 5.73 Å². The lowest BCUT2D eigenvalue weighted by Crippen LogP contribution is -2.32. The number of nitrogens with two attached hydrogens (primary N) is 1. The van der Waals surface area contributed by atoms with Crippen LogP contribution in [0.1, 0.15) is 19.8 Å². The molecule has 0 saturated carbocycles. The molecule has 0 aromatic carbocycles. The Hall–Kier alpha value is -0.410. The Bertz CT molecular complexity index is 104. The van der Waals surface area contributed by atoms with Crippen molar-refractivity contribution < 1.29 is 9.53 Å². The quantitative estimate of drug-likeness (QED) is 0.606. The van der Waals surface area contributed by atoms with Crippen LogP contribution in [-0.4, -0.2) is 25.5 Å². The maximum Gasteiger partial charge on any atom is 0.175 e. The van der Waals surface area contributed by atoms with Crippen LogP contribution in [0.25, 0.3) is 0 Å². The average molecular weight is 145 g/mol. The predicted octanol–water partition coefficient (Wildman–Crippen LogP) is 0.329. The van der Waals surface area contributed by atoms with Crippen LogP contribution in [0.2, 0.25) is 0 Å². The van der Waals surface area contributed by atoms with Crippen molar-refractivity contribution >= 4 is 5.78 Å². The maximum absolute atomic E-state index is 10.9. The molecule has 0 fully saturated rings. The molecule has 0 bridgehead atoms. The molecule has 0 aliphatic heterocycles. The van der Waals surface area contributed by atoms with Crippen molar-refractivity contribution in [1.82, 2.24) is 0 Å². The molecule has 0 radical (unpaired) electrons. The van der Waals surface area contributed by atoms with Crippen molar-refractivity contribution in [1.29, 1.82) is 0 Å². The summed E-state index contributed by atoms with van der Waals surface area (Å²) in [7, 11) is 1.50. The largest absolute Gasteiger partial charge is 0.377 e. The van der Waals surface area contributed by atoms with Crippen LogP contribution in [-0.2, 0) is 9.53 Å². The molecule has 0 rings (SSSR count). The fourth-order valence-electron chi connectivity index (χ4n) is 0.721. The summed E-state index contributed by atoms with van der Waals surface area (Å²) in [6.45, 7) is 2.14. The SMILES string of the molecule is CCCC(N)C(=O)COC. The Morgan fingerprint density at radius 2 is 2.30 bits per heavy atom. The normalized spacial score (nSPS) is 13.1. The molecule has 3 nitrogen and oxygen atoms in total. The molecule has 0 aromatic heterocycles. The summed E-state index contributed by atoms with van der Waals surface area (Å²) in [4.78, 5) is 10.9. The van der Waals surface area contributed by atoms with Crippen molar-refractivity contribution in [2.24, 2.45) is 5.73 Å². The van der Waals surface area contributed by atoms with Crippen LogP contribution in [0.15, 0.2) is 0 Å². The van der Waals surface area contributed by atoms with Gasteiger partial charge in [-0.1, -0.05) is 13.3 Å². The topological polar surface area (TPSA) is 52.3 Å². The second-order valence-corrected chi connectivity index (χ2v) is 2.29. The van der Waals surface area contributed by atoms with Crippen LogP contribution in [0.3, 0.4) is 0 Å². The van der Waals surface area contributed by atoms with Gasteiger partial charge in [-0.15, -0.1) is 0 Å². The van der Waals surface area contributed by atoms with Gasteiger partial charge in [0.25, 0.3) is 0 Å². The average Bonchev–Trinajstić information content (AvgIpc) is 1.89. The van der Waals surface area contributed by atoms with Crippen molar-refractivity contribution in [3.63, 3.8) is 0 Å². The number of hydrogen-bond donors (Lipinski definition) is 1. The van der Waals surface area contributed by atoms with Crippen LogP contribution in [0, 0.1) is 0 Å². The molecular weight excluding hydrogens is 130 g/mol. The summed E-state index contributed by atoms with van der Waals surface area (Å²) in [6.07, 6.45) is 1.69. The Balaban J connectivity index is 3.49. The predicted molar refractivity (Wildman–Crippen MR) is 39.8 cm³/mol. The third-order valence-electron chi connectivity index (χ3n) is 1.30. The van der Waals surface area contributed by atoms with Crippen LogP contribution in [0.5, 0.6) is 0 Å². The Morgan fingerprint density at radius 3 is 2.70 bits per heavy atom. The fourth-order valence-corrected chi connectivity index (χ4v) is 0.721. The second-order valence-electron chi connectivity index (χ2n) is 2.29. The maximum atomic E-state index is 10.9. The molecule has 0 heterocycles. The molecule has 0 aliphatic carbocycles. The number of ketones is 1. The number of hydrogen-bond acceptors (Lipinski definition) is 3. The van der Waals surface area contributed by atoms with E-state index in [2.05, 4.69) is 4.74 Å². The van der Waals surface area contributed by atoms with E-state index in [1.54, 1.807) is 0 Å². The Kier molecular flexibility index (Phi) is 5.16. The molecule has 0 spiro atoms. The summed E-state index contributed by atoms with van der Waals surface area (Å²) in [6, 6.07) is -0.329. The molecule has 0 saturated heterocycles. The minimum Gasteiger partial charge on any atom is -0.377 e. The lowest BCUT2D eigenvalue weighted by molar-refractivity contribution is -0.124. The molecule has 60 valence electrons. The first kappa shape index (κ1) is 9.59. The molecule has 0 aliphatic rings. The van der Waals surface area contributed by atoms with E-state index in [0.717, 1.165) is 12.8 Å². The van der Waals surface area contributed by atoms with Gasteiger partial charge in [0.15, 0.2) is 5.78 Å². The van der Waals surface area contributed by atoms with Crippen molar-refractivity contribution in [3.8, 4) is 0 Å². The molecule has 1 unspecified atom stereocenters. The Morgan fingerprint density at radius 1 is 1.70 bits per heavy atom. The van der Waals surface area contributed by atoms with Gasteiger partial charge >= 0.3 is 0 Å². The van der Waals surface area contributed by atoms with Gasteiger partial charge in [0, 0.05) is 7.11 Å². The van der Waals surface area contributed by atoms with Crippen molar-refractivity contribution in [3.05, 3.63) is 0 Å². The highest BCUT2D eigenvalue weighted by Gasteiger charge is 2.10. The summed E-state index contributed by atoms with van der Waals surface area (Å²) in [5.41, 5.74) is 5.48. The number of carbonyl (C=O) groups excluding carboxylic acids is 1. The highest BCUT2D eigenvalue weighted by Crippen LogP contribution is 1.94. The van der Waals surface area contributed by atoms with Gasteiger partial charge in [-0.25, -0.2) is 0 Å². The molecule has 3 heteroatoms. The number of carbonyl (C=O) groups is 1. The zero-order chi connectivity index (χ0) is 7.98. The summed E-state index contributed by atoms with van der Waals surface area (Å²) in [5, 5.41) is 0. The molecule has 10 heavy (non-hydrogen) atoms. The molecular formula is C7H15NO2. The smallest absolute Gasteiger partial charge is 0.175 e. The van der Waals surface area contributed by atoms with E-state index >= 15 is 0 Å². The van der Waals surface area contributed by atoms with Gasteiger partial charge in [0.05, 0.1) is 6.04 Å². The highest BCUT2D eigenvalue weighted by atomic mass is 16.5. The third kappa shape index (κ3) is 3.58. The van der Waals surface area contributed by atoms with Gasteiger partial charge < -0.3 is 10.5 Å². The monoisotopic (exact) mass is 145 g/mol. The molecule has 0 aromatic rings. The lowest BCUT2D eigenvalue weighted by atomic mass is 10.1. The van der Waals surface area contributed by atoms with Crippen molar-refractivity contribution in [2.75, 3.05) is 13.7 Å². The van der Waals surface area contributed by atoms with Gasteiger partial charge in [0.1, 0.15) is 6.61 Å². The Labute approximate surface area is 61.5 Å². The zero-order valence-electron chi connectivity index (χ0n) is 6.59. The summed E-state index contributed by atoms with van der Waals surface area (Å²) in [5.74, 6) is -0.00986. The molecule has 2 N–H and O–H groups in total. The third-order valence-corrected chi connectivity index (χ3v) is 1.30. The first-order valence-corrected chi connectivity index (χ1v) is 3.49. The van der Waals surface area contributed by atoms with E-state index in [-0.39, 0.29) is 18.4 Å². The highest BCUT2D eigenvalue weighted by molar-refractivity contribution is 5.84. The second kappa shape index (κ2) is 5.38. The van der Waals surface area contributed by atoms with E-state index in [1.165, 1.54) is 7.11 Å². The molecule has 0 amide bonds. The van der Waals surface area contributed by atoms with Crippen LogP contribution >= 0.6 is 0 Å². The van der Waals surface area contributed by atoms with E-state index in [9.17, 15) is 4.79 Å². The van der Waals surface area contributed by atoms with Gasteiger partial charge in [0.2, 0.25) is 0 Å². The first-order valence-electron chi connectivity index (χ1n) is 3.49. The first-order chi connectivity index (χ1) is 4.72.